The molecule has 5 nitrogen and oxygen atoms in total. The van der Waals surface area contributed by atoms with E-state index in [0.29, 0.717) is 13.1 Å². The molecule has 1 aliphatic heterocycles. The number of halogens is 2. The van der Waals surface area contributed by atoms with E-state index in [-0.39, 0.29) is 11.7 Å². The predicted molar refractivity (Wildman–Crippen MR) is 99.8 cm³/mol. The maximum atomic E-state index is 13.7. The summed E-state index contributed by atoms with van der Waals surface area (Å²) in [7, 11) is 1.64. The maximum Gasteiger partial charge on any atom is 0.321 e. The Morgan fingerprint density at radius 1 is 1.07 bits per heavy atom. The minimum Gasteiger partial charge on any atom is -0.497 e. The van der Waals surface area contributed by atoms with Gasteiger partial charge >= 0.3 is 6.03 Å². The van der Waals surface area contributed by atoms with Gasteiger partial charge in [-0.05, 0) is 36.2 Å². The largest absolute Gasteiger partial charge is 0.497 e. The molecule has 1 fully saturated rings. The summed E-state index contributed by atoms with van der Waals surface area (Å²) >= 11 is 0. The van der Waals surface area contributed by atoms with Crippen LogP contribution in [0.1, 0.15) is 12.0 Å². The van der Waals surface area contributed by atoms with Crippen molar-refractivity contribution in [3.8, 4) is 5.75 Å². The molecule has 1 saturated heterocycles. The van der Waals surface area contributed by atoms with Crippen molar-refractivity contribution in [1.29, 1.82) is 0 Å². The zero-order chi connectivity index (χ0) is 19.2. The van der Waals surface area contributed by atoms with Gasteiger partial charge in [-0.3, -0.25) is 4.90 Å². The van der Waals surface area contributed by atoms with E-state index >= 15 is 0 Å². The van der Waals surface area contributed by atoms with Crippen LogP contribution in [0, 0.1) is 11.6 Å². The lowest BCUT2D eigenvalue weighted by atomic mass is 10.2. The number of hydrogen-bond donors (Lipinski definition) is 1. The average Bonchev–Trinajstić information content (AvgIpc) is 2.90. The molecule has 0 unspecified atom stereocenters. The Labute approximate surface area is 157 Å². The van der Waals surface area contributed by atoms with Crippen molar-refractivity contribution in [2.75, 3.05) is 38.6 Å². The monoisotopic (exact) mass is 375 g/mol. The molecule has 0 atom stereocenters. The van der Waals surface area contributed by atoms with Crippen LogP contribution in [-0.4, -0.2) is 49.1 Å². The van der Waals surface area contributed by atoms with E-state index in [1.165, 1.54) is 11.6 Å². The van der Waals surface area contributed by atoms with Crippen molar-refractivity contribution in [1.82, 2.24) is 9.80 Å². The number of carbonyl (C=O) groups is 1. The Balaban J connectivity index is 1.54. The van der Waals surface area contributed by atoms with Gasteiger partial charge in [0.2, 0.25) is 0 Å². The van der Waals surface area contributed by atoms with E-state index in [4.69, 9.17) is 4.74 Å². The second kappa shape index (κ2) is 8.81. The number of carbonyl (C=O) groups excluding carboxylic acids is 1. The number of amides is 2. The zero-order valence-corrected chi connectivity index (χ0v) is 15.3. The van der Waals surface area contributed by atoms with Crippen LogP contribution in [0.3, 0.4) is 0 Å². The highest BCUT2D eigenvalue weighted by Gasteiger charge is 2.20. The molecule has 0 radical (unpaired) electrons. The minimum atomic E-state index is -0.778. The molecular weight excluding hydrogens is 352 g/mol. The second-order valence-electron chi connectivity index (χ2n) is 6.52. The molecule has 0 aliphatic carbocycles. The van der Waals surface area contributed by atoms with Crippen LogP contribution in [0.15, 0.2) is 42.5 Å². The highest BCUT2D eigenvalue weighted by atomic mass is 19.1. The van der Waals surface area contributed by atoms with E-state index in [1.54, 1.807) is 12.0 Å². The summed E-state index contributed by atoms with van der Waals surface area (Å²) in [6.07, 6.45) is 0.829. The third-order valence-corrected chi connectivity index (χ3v) is 4.61. The van der Waals surface area contributed by atoms with Crippen molar-refractivity contribution in [2.45, 2.75) is 13.0 Å². The van der Waals surface area contributed by atoms with E-state index in [0.717, 1.165) is 43.9 Å². The highest BCUT2D eigenvalue weighted by molar-refractivity contribution is 5.89. The summed E-state index contributed by atoms with van der Waals surface area (Å²) in [6.45, 7) is 3.54. The van der Waals surface area contributed by atoms with Gasteiger partial charge in [0.1, 0.15) is 17.4 Å². The van der Waals surface area contributed by atoms with Gasteiger partial charge in [-0.1, -0.05) is 12.1 Å². The van der Waals surface area contributed by atoms with Crippen LogP contribution >= 0.6 is 0 Å². The Hall–Kier alpha value is -2.67. The van der Waals surface area contributed by atoms with Gasteiger partial charge in [-0.25, -0.2) is 13.6 Å². The first-order valence-corrected chi connectivity index (χ1v) is 8.91. The topological polar surface area (TPSA) is 44.8 Å². The molecule has 0 aromatic heterocycles. The molecule has 7 heteroatoms. The molecule has 1 heterocycles. The SMILES string of the molecule is COc1ccc(CN2CCCN(C(=O)Nc3ccc(F)cc3F)CC2)cc1. The van der Waals surface area contributed by atoms with Crippen molar-refractivity contribution < 1.29 is 18.3 Å². The smallest absolute Gasteiger partial charge is 0.321 e. The molecule has 2 aromatic rings. The van der Waals surface area contributed by atoms with Gasteiger partial charge in [0.15, 0.2) is 0 Å². The van der Waals surface area contributed by atoms with Gasteiger partial charge in [0, 0.05) is 38.8 Å². The van der Waals surface area contributed by atoms with Crippen LogP contribution < -0.4 is 10.1 Å². The standard InChI is InChI=1S/C20H23F2N3O2/c1-27-17-6-3-15(4-7-17)14-24-9-2-10-25(12-11-24)20(26)23-19-8-5-16(21)13-18(19)22/h3-8,13H,2,9-12,14H2,1H3,(H,23,26). The molecule has 0 spiro atoms. The molecule has 1 aliphatic rings. The van der Waals surface area contributed by atoms with E-state index in [2.05, 4.69) is 10.2 Å². The molecule has 144 valence electrons. The summed E-state index contributed by atoms with van der Waals surface area (Å²) < 4.78 is 31.9. The molecule has 0 bridgehead atoms. The molecule has 1 N–H and O–H groups in total. The number of anilines is 1. The molecular formula is C20H23F2N3O2. The number of nitrogens with zero attached hydrogens (tertiary/aromatic N) is 2. The molecule has 2 amide bonds. The zero-order valence-electron chi connectivity index (χ0n) is 15.3. The quantitative estimate of drug-likeness (QED) is 0.886. The normalized spacial score (nSPS) is 15.3. The Morgan fingerprint density at radius 3 is 2.56 bits per heavy atom. The third kappa shape index (κ3) is 5.17. The van der Waals surface area contributed by atoms with E-state index in [1.807, 2.05) is 24.3 Å². The van der Waals surface area contributed by atoms with Crippen molar-refractivity contribution in [3.63, 3.8) is 0 Å². The number of urea groups is 1. The van der Waals surface area contributed by atoms with Crippen LogP contribution in [0.4, 0.5) is 19.3 Å². The van der Waals surface area contributed by atoms with Gasteiger partial charge in [0.05, 0.1) is 12.8 Å². The lowest BCUT2D eigenvalue weighted by Crippen LogP contribution is -2.38. The Bertz CT molecular complexity index is 783. The molecule has 2 aromatic carbocycles. The summed E-state index contributed by atoms with van der Waals surface area (Å²) in [4.78, 5) is 16.4. The number of benzene rings is 2. The highest BCUT2D eigenvalue weighted by Crippen LogP contribution is 2.17. The van der Waals surface area contributed by atoms with Gasteiger partial charge in [-0.2, -0.15) is 0 Å². The van der Waals surface area contributed by atoms with Crippen LogP contribution in [0.25, 0.3) is 0 Å². The molecule has 0 saturated carbocycles. The first kappa shape index (κ1) is 19.1. The van der Waals surface area contributed by atoms with E-state index < -0.39 is 11.6 Å². The van der Waals surface area contributed by atoms with Crippen LogP contribution in [-0.2, 0) is 6.54 Å². The average molecular weight is 375 g/mol. The lowest BCUT2D eigenvalue weighted by molar-refractivity contribution is 0.211. The third-order valence-electron chi connectivity index (χ3n) is 4.61. The molecule has 27 heavy (non-hydrogen) atoms. The molecule has 3 rings (SSSR count). The number of rotatable bonds is 4. The number of methoxy groups -OCH3 is 1. The first-order chi connectivity index (χ1) is 13.0. The fourth-order valence-electron chi connectivity index (χ4n) is 3.11. The van der Waals surface area contributed by atoms with Gasteiger partial charge in [-0.15, -0.1) is 0 Å². The van der Waals surface area contributed by atoms with Crippen LogP contribution in [0.5, 0.6) is 5.75 Å². The summed E-state index contributed by atoms with van der Waals surface area (Å²) in [5.41, 5.74) is 1.17. The van der Waals surface area contributed by atoms with Gasteiger partial charge < -0.3 is 15.0 Å². The van der Waals surface area contributed by atoms with Crippen molar-refractivity contribution >= 4 is 11.7 Å². The van der Waals surface area contributed by atoms with Crippen molar-refractivity contribution in [3.05, 3.63) is 59.7 Å². The fourth-order valence-corrected chi connectivity index (χ4v) is 3.11. The number of hydrogen-bond acceptors (Lipinski definition) is 3. The van der Waals surface area contributed by atoms with Crippen molar-refractivity contribution in [2.24, 2.45) is 0 Å². The number of ether oxygens (including phenoxy) is 1. The first-order valence-electron chi connectivity index (χ1n) is 8.91. The Kier molecular flexibility index (Phi) is 6.24. The van der Waals surface area contributed by atoms with Gasteiger partial charge in [0.25, 0.3) is 0 Å². The summed E-state index contributed by atoms with van der Waals surface area (Å²) in [5.74, 6) is -0.626. The maximum absolute atomic E-state index is 13.7. The van der Waals surface area contributed by atoms with E-state index in [9.17, 15) is 13.6 Å². The lowest BCUT2D eigenvalue weighted by Gasteiger charge is -2.22. The minimum absolute atomic E-state index is 0.0132. The summed E-state index contributed by atoms with van der Waals surface area (Å²) in [6, 6.07) is 10.7. The van der Waals surface area contributed by atoms with Crippen LogP contribution in [0.2, 0.25) is 0 Å². The summed E-state index contributed by atoms with van der Waals surface area (Å²) in [5, 5.41) is 2.53. The Morgan fingerprint density at radius 2 is 1.85 bits per heavy atom. The second-order valence-corrected chi connectivity index (χ2v) is 6.52. The number of nitrogens with one attached hydrogen (secondary N) is 1. The fraction of sp³-hybridized carbons (Fsp3) is 0.350. The predicted octanol–water partition coefficient (Wildman–Crippen LogP) is 3.71.